The van der Waals surface area contributed by atoms with E-state index < -0.39 is 0 Å². The summed E-state index contributed by atoms with van der Waals surface area (Å²) in [5.74, 6) is -0.588. The molecule has 1 atom stereocenters. The minimum Gasteiger partial charge on any atom is -0.422 e. The van der Waals surface area contributed by atoms with Crippen LogP contribution in [-0.2, 0) is 22.4 Å². The molecule has 2 aromatic carbocycles. The van der Waals surface area contributed by atoms with E-state index in [-0.39, 0.29) is 23.8 Å². The van der Waals surface area contributed by atoms with Crippen molar-refractivity contribution in [1.82, 2.24) is 4.90 Å². The molecule has 0 radical (unpaired) electrons. The lowest BCUT2D eigenvalue weighted by Gasteiger charge is -2.40. The van der Waals surface area contributed by atoms with Crippen molar-refractivity contribution in [2.24, 2.45) is 11.8 Å². The number of rotatable bonds is 4. The zero-order chi connectivity index (χ0) is 21.6. The van der Waals surface area contributed by atoms with Crippen molar-refractivity contribution in [3.05, 3.63) is 47.0 Å². The molecule has 4 rings (SSSR count). The van der Waals surface area contributed by atoms with Gasteiger partial charge in [-0.1, -0.05) is 52.0 Å². The van der Waals surface area contributed by atoms with Crippen molar-refractivity contribution in [2.75, 3.05) is 13.6 Å². The number of hydrogen-bond donors (Lipinski definition) is 0. The minimum atomic E-state index is -0.347. The van der Waals surface area contributed by atoms with Crippen LogP contribution < -0.4 is 9.47 Å². The van der Waals surface area contributed by atoms with Crippen molar-refractivity contribution in [3.8, 4) is 22.6 Å². The molecular weight excluding hydrogens is 378 g/mol. The van der Waals surface area contributed by atoms with Gasteiger partial charge < -0.3 is 9.47 Å². The highest BCUT2D eigenvalue weighted by atomic mass is 16.6. The largest absolute Gasteiger partial charge is 0.422 e. The number of ether oxygens (including phenoxy) is 2. The van der Waals surface area contributed by atoms with Gasteiger partial charge in [0.2, 0.25) is 0 Å². The summed E-state index contributed by atoms with van der Waals surface area (Å²) in [6.07, 6.45) is 1.83. The van der Waals surface area contributed by atoms with Gasteiger partial charge in [-0.3, -0.25) is 14.5 Å². The molecule has 1 aliphatic heterocycles. The van der Waals surface area contributed by atoms with Gasteiger partial charge >= 0.3 is 11.9 Å². The van der Waals surface area contributed by atoms with E-state index in [2.05, 4.69) is 30.1 Å². The fourth-order valence-electron chi connectivity index (χ4n) is 4.28. The molecule has 30 heavy (non-hydrogen) atoms. The van der Waals surface area contributed by atoms with Gasteiger partial charge in [0.15, 0.2) is 11.5 Å². The summed E-state index contributed by atoms with van der Waals surface area (Å²) < 4.78 is 11.5. The van der Waals surface area contributed by atoms with Crippen LogP contribution in [0.5, 0.6) is 11.5 Å². The summed E-state index contributed by atoms with van der Waals surface area (Å²) in [6.45, 7) is 8.19. The van der Waals surface area contributed by atoms with Crippen LogP contribution in [0.2, 0.25) is 0 Å². The Labute approximate surface area is 178 Å². The van der Waals surface area contributed by atoms with Crippen LogP contribution in [0.1, 0.15) is 50.4 Å². The van der Waals surface area contributed by atoms with Crippen molar-refractivity contribution in [2.45, 2.75) is 46.6 Å². The normalized spacial score (nSPS) is 17.5. The molecule has 0 amide bonds. The Morgan fingerprint density at radius 1 is 0.967 bits per heavy atom. The van der Waals surface area contributed by atoms with Gasteiger partial charge in [-0.15, -0.1) is 0 Å². The molecule has 0 aromatic heterocycles. The average molecular weight is 408 g/mol. The lowest BCUT2D eigenvalue weighted by molar-refractivity contribution is -0.140. The second kappa shape index (κ2) is 7.88. The Kier molecular flexibility index (Phi) is 5.41. The molecule has 0 saturated heterocycles. The van der Waals surface area contributed by atoms with E-state index in [1.54, 1.807) is 33.8 Å². The van der Waals surface area contributed by atoms with E-state index in [0.29, 0.717) is 17.5 Å². The fourth-order valence-corrected chi connectivity index (χ4v) is 4.28. The first kappa shape index (κ1) is 20.6. The van der Waals surface area contributed by atoms with Gasteiger partial charge in [-0.25, -0.2) is 0 Å². The van der Waals surface area contributed by atoms with Gasteiger partial charge in [0, 0.05) is 18.2 Å². The second-order valence-corrected chi connectivity index (χ2v) is 8.91. The maximum atomic E-state index is 12.6. The first-order valence-corrected chi connectivity index (χ1v) is 10.7. The monoisotopic (exact) mass is 407 g/mol. The van der Waals surface area contributed by atoms with Gasteiger partial charge in [-0.05, 0) is 48.2 Å². The molecule has 158 valence electrons. The quantitative estimate of drug-likeness (QED) is 0.549. The molecule has 2 aromatic rings. The zero-order valence-corrected chi connectivity index (χ0v) is 18.3. The van der Waals surface area contributed by atoms with E-state index >= 15 is 0 Å². The average Bonchev–Trinajstić information content (AvgIpc) is 2.71. The maximum Gasteiger partial charge on any atom is 0.313 e. The predicted molar refractivity (Wildman–Crippen MR) is 116 cm³/mol. The molecular formula is C25H29NO4. The molecule has 5 nitrogen and oxygen atoms in total. The van der Waals surface area contributed by atoms with Crippen molar-refractivity contribution in [1.29, 1.82) is 0 Å². The van der Waals surface area contributed by atoms with E-state index in [1.165, 1.54) is 11.1 Å². The van der Waals surface area contributed by atoms with Crippen LogP contribution in [0.15, 0.2) is 30.3 Å². The van der Waals surface area contributed by atoms with Crippen molar-refractivity contribution in [3.63, 3.8) is 0 Å². The lowest BCUT2D eigenvalue weighted by Crippen LogP contribution is -2.35. The third-order valence-electron chi connectivity index (χ3n) is 6.04. The molecule has 0 fully saturated rings. The molecule has 0 N–H and O–H groups in total. The number of nitrogens with zero attached hydrogens (tertiary/aromatic N) is 1. The maximum absolute atomic E-state index is 12.6. The molecule has 1 aliphatic carbocycles. The zero-order valence-electron chi connectivity index (χ0n) is 18.3. The molecule has 1 heterocycles. The topological polar surface area (TPSA) is 55.8 Å². The van der Waals surface area contributed by atoms with Crippen LogP contribution in [0.3, 0.4) is 0 Å². The van der Waals surface area contributed by atoms with Crippen LogP contribution in [-0.4, -0.2) is 30.4 Å². The summed E-state index contributed by atoms with van der Waals surface area (Å²) >= 11 is 0. The summed E-state index contributed by atoms with van der Waals surface area (Å²) in [4.78, 5) is 27.3. The Hall–Kier alpha value is -2.66. The van der Waals surface area contributed by atoms with E-state index in [1.807, 2.05) is 6.07 Å². The van der Waals surface area contributed by atoms with Crippen LogP contribution in [0.25, 0.3) is 11.1 Å². The van der Waals surface area contributed by atoms with E-state index in [9.17, 15) is 9.59 Å². The molecule has 0 unspecified atom stereocenters. The fraction of sp³-hybridized carbons (Fsp3) is 0.440. The van der Waals surface area contributed by atoms with Crippen LogP contribution in [0.4, 0.5) is 0 Å². The van der Waals surface area contributed by atoms with Crippen LogP contribution >= 0.6 is 0 Å². The Balaban J connectivity index is 1.91. The van der Waals surface area contributed by atoms with Crippen molar-refractivity contribution >= 4 is 11.9 Å². The van der Waals surface area contributed by atoms with Gasteiger partial charge in [0.25, 0.3) is 0 Å². The summed E-state index contributed by atoms with van der Waals surface area (Å²) in [5.41, 5.74) is 5.69. The number of esters is 2. The highest BCUT2D eigenvalue weighted by Gasteiger charge is 2.35. The Morgan fingerprint density at radius 2 is 1.67 bits per heavy atom. The molecule has 0 spiro atoms. The van der Waals surface area contributed by atoms with Gasteiger partial charge in [0.05, 0.1) is 11.8 Å². The smallest absolute Gasteiger partial charge is 0.313 e. The predicted octanol–water partition coefficient (Wildman–Crippen LogP) is 4.56. The molecule has 2 aliphatic rings. The van der Waals surface area contributed by atoms with Gasteiger partial charge in [-0.2, -0.15) is 0 Å². The standard InChI is InChI=1S/C25H29NO4/c1-14(2)24(27)29-20-10-9-17-13-19-21-16(11-12-26(19)5)7-6-8-18(21)22(17)23(20)30-25(28)15(3)4/h6-10,14-15,19H,11-13H2,1-5H3/t19-/m1/s1. The third kappa shape index (κ3) is 3.52. The minimum absolute atomic E-state index is 0.280. The second-order valence-electron chi connectivity index (χ2n) is 8.91. The molecule has 0 bridgehead atoms. The number of hydrogen-bond acceptors (Lipinski definition) is 5. The first-order valence-electron chi connectivity index (χ1n) is 10.7. The van der Waals surface area contributed by atoms with Crippen molar-refractivity contribution < 1.29 is 19.1 Å². The highest BCUT2D eigenvalue weighted by molar-refractivity contribution is 5.87. The summed E-state index contributed by atoms with van der Waals surface area (Å²) in [7, 11) is 2.16. The number of fused-ring (bicyclic) bond motifs is 2. The van der Waals surface area contributed by atoms with Gasteiger partial charge in [0.1, 0.15) is 0 Å². The van der Waals surface area contributed by atoms with Crippen LogP contribution in [0, 0.1) is 11.8 Å². The highest BCUT2D eigenvalue weighted by Crippen LogP contribution is 2.51. The third-order valence-corrected chi connectivity index (χ3v) is 6.04. The first-order chi connectivity index (χ1) is 14.3. The number of benzene rings is 2. The van der Waals surface area contributed by atoms with E-state index in [4.69, 9.17) is 9.47 Å². The summed E-state index contributed by atoms with van der Waals surface area (Å²) in [5, 5.41) is 0. The van der Waals surface area contributed by atoms with E-state index in [0.717, 1.165) is 36.1 Å². The lowest BCUT2D eigenvalue weighted by atomic mass is 9.77. The number of carbonyl (C=O) groups excluding carboxylic acids is 2. The number of carbonyl (C=O) groups is 2. The molecule has 5 heteroatoms. The SMILES string of the molecule is CC(C)C(=O)Oc1ccc2c(c1OC(=O)C(C)C)-c1cccc3c1[C@@H](C2)N(C)CC3. The summed E-state index contributed by atoms with van der Waals surface area (Å²) in [6, 6.07) is 10.4. The Morgan fingerprint density at radius 3 is 2.37 bits per heavy atom. The number of likely N-dealkylation sites (N-methyl/N-ethyl adjacent to an activating group) is 1. The Bertz CT molecular complexity index is 1010. The molecule has 0 saturated carbocycles.